The molecule has 0 saturated carbocycles. The second-order valence-electron chi connectivity index (χ2n) is 4.91. The summed E-state index contributed by atoms with van der Waals surface area (Å²) < 4.78 is 37.1. The van der Waals surface area contributed by atoms with Gasteiger partial charge in [0.15, 0.2) is 0 Å². The van der Waals surface area contributed by atoms with Gasteiger partial charge in [-0.25, -0.2) is 0 Å². The van der Waals surface area contributed by atoms with Gasteiger partial charge in [0, 0.05) is 6.04 Å². The zero-order valence-electron chi connectivity index (χ0n) is 10.8. The maximum Gasteiger partial charge on any atom is 0.416 e. The fraction of sp³-hybridized carbons (Fsp3) is 0.571. The van der Waals surface area contributed by atoms with Crippen LogP contribution < -0.4 is 5.73 Å². The van der Waals surface area contributed by atoms with Crippen molar-refractivity contribution in [3.8, 4) is 0 Å². The highest BCUT2D eigenvalue weighted by molar-refractivity contribution is 5.25. The summed E-state index contributed by atoms with van der Waals surface area (Å²) in [6.45, 7) is 4.24. The Morgan fingerprint density at radius 2 is 1.72 bits per heavy atom. The summed E-state index contributed by atoms with van der Waals surface area (Å²) in [6, 6.07) is 5.27. The fourth-order valence-electron chi connectivity index (χ4n) is 1.90. The van der Waals surface area contributed by atoms with E-state index in [1.165, 1.54) is 12.1 Å². The van der Waals surface area contributed by atoms with Crippen molar-refractivity contribution < 1.29 is 13.2 Å². The first-order valence-corrected chi connectivity index (χ1v) is 6.24. The minimum absolute atomic E-state index is 0.0108. The second kappa shape index (κ2) is 6.23. The Bertz CT molecular complexity index is 356. The molecule has 2 atom stereocenters. The van der Waals surface area contributed by atoms with Crippen LogP contribution in [0.1, 0.15) is 37.8 Å². The van der Waals surface area contributed by atoms with Gasteiger partial charge in [-0.1, -0.05) is 32.4 Å². The smallest absolute Gasteiger partial charge is 0.327 e. The van der Waals surface area contributed by atoms with Crippen molar-refractivity contribution in [1.82, 2.24) is 0 Å². The van der Waals surface area contributed by atoms with Gasteiger partial charge in [-0.2, -0.15) is 13.2 Å². The number of benzene rings is 1. The monoisotopic (exact) mass is 259 g/mol. The predicted molar refractivity (Wildman–Crippen MR) is 67.2 cm³/mol. The molecular weight excluding hydrogens is 239 g/mol. The third kappa shape index (κ3) is 4.69. The van der Waals surface area contributed by atoms with Gasteiger partial charge in [-0.05, 0) is 36.5 Å². The molecular formula is C14H20F3N. The van der Waals surface area contributed by atoms with Crippen molar-refractivity contribution in [2.24, 2.45) is 11.7 Å². The van der Waals surface area contributed by atoms with E-state index in [9.17, 15) is 13.2 Å². The third-order valence-electron chi connectivity index (χ3n) is 3.18. The molecule has 0 heterocycles. The maximum atomic E-state index is 12.4. The van der Waals surface area contributed by atoms with Crippen LogP contribution in [0.3, 0.4) is 0 Å². The van der Waals surface area contributed by atoms with Gasteiger partial charge < -0.3 is 5.73 Å². The molecule has 18 heavy (non-hydrogen) atoms. The molecule has 2 unspecified atom stereocenters. The normalized spacial score (nSPS) is 15.4. The highest BCUT2D eigenvalue weighted by Crippen LogP contribution is 2.29. The van der Waals surface area contributed by atoms with Crippen LogP contribution in [0.4, 0.5) is 13.2 Å². The lowest BCUT2D eigenvalue weighted by molar-refractivity contribution is -0.137. The molecule has 0 saturated heterocycles. The molecule has 0 aromatic heterocycles. The summed E-state index contributed by atoms with van der Waals surface area (Å²) in [5.74, 6) is 0.550. The lowest BCUT2D eigenvalue weighted by Gasteiger charge is -2.16. The minimum Gasteiger partial charge on any atom is -0.327 e. The zero-order chi connectivity index (χ0) is 13.8. The molecule has 0 radical (unpaired) electrons. The van der Waals surface area contributed by atoms with E-state index in [-0.39, 0.29) is 6.04 Å². The van der Waals surface area contributed by atoms with E-state index in [1.54, 1.807) is 0 Å². The molecule has 1 rings (SSSR count). The Balaban J connectivity index is 2.58. The Labute approximate surface area is 106 Å². The molecule has 4 heteroatoms. The van der Waals surface area contributed by atoms with Gasteiger partial charge in [0.05, 0.1) is 5.56 Å². The molecule has 102 valence electrons. The van der Waals surface area contributed by atoms with Crippen LogP contribution in [0.5, 0.6) is 0 Å². The Hall–Kier alpha value is -1.03. The Kier molecular flexibility index (Phi) is 5.20. The van der Waals surface area contributed by atoms with Crippen molar-refractivity contribution >= 4 is 0 Å². The van der Waals surface area contributed by atoms with E-state index < -0.39 is 11.7 Å². The minimum atomic E-state index is -4.27. The van der Waals surface area contributed by atoms with Crippen molar-refractivity contribution in [1.29, 1.82) is 0 Å². The van der Waals surface area contributed by atoms with Crippen molar-refractivity contribution in [2.75, 3.05) is 0 Å². The number of rotatable bonds is 5. The van der Waals surface area contributed by atoms with Crippen LogP contribution in [0.2, 0.25) is 0 Å². The first-order chi connectivity index (χ1) is 8.32. The van der Waals surface area contributed by atoms with Gasteiger partial charge >= 0.3 is 6.18 Å². The summed E-state index contributed by atoms with van der Waals surface area (Å²) in [4.78, 5) is 0. The molecule has 0 amide bonds. The van der Waals surface area contributed by atoms with Crippen LogP contribution in [0.15, 0.2) is 24.3 Å². The van der Waals surface area contributed by atoms with Crippen molar-refractivity contribution in [3.05, 3.63) is 35.4 Å². The summed E-state index contributed by atoms with van der Waals surface area (Å²) in [5.41, 5.74) is 6.23. The Morgan fingerprint density at radius 3 is 2.17 bits per heavy atom. The topological polar surface area (TPSA) is 26.0 Å². The summed E-state index contributed by atoms with van der Waals surface area (Å²) in [7, 11) is 0. The molecule has 1 aromatic rings. The second-order valence-corrected chi connectivity index (χ2v) is 4.91. The average Bonchev–Trinajstić information content (AvgIpc) is 2.28. The van der Waals surface area contributed by atoms with Gasteiger partial charge in [-0.15, -0.1) is 0 Å². The lowest BCUT2D eigenvalue weighted by Crippen LogP contribution is -2.25. The predicted octanol–water partition coefficient (Wildman–Crippen LogP) is 4.01. The van der Waals surface area contributed by atoms with Crippen LogP contribution in [-0.2, 0) is 12.6 Å². The zero-order valence-corrected chi connectivity index (χ0v) is 10.8. The van der Waals surface area contributed by atoms with E-state index in [0.29, 0.717) is 12.3 Å². The van der Waals surface area contributed by atoms with Crippen molar-refractivity contribution in [3.63, 3.8) is 0 Å². The van der Waals surface area contributed by atoms with Gasteiger partial charge in [0.2, 0.25) is 0 Å². The summed E-state index contributed by atoms with van der Waals surface area (Å²) in [5, 5.41) is 0. The van der Waals surface area contributed by atoms with E-state index >= 15 is 0 Å². The standard InChI is InChI=1S/C14H20F3N/c1-3-10(2)8-13(18)9-11-4-6-12(7-5-11)14(15,16)17/h4-7,10,13H,3,8-9,18H2,1-2H3. The number of alkyl halides is 3. The maximum absolute atomic E-state index is 12.4. The highest BCUT2D eigenvalue weighted by Gasteiger charge is 2.29. The lowest BCUT2D eigenvalue weighted by atomic mass is 9.95. The number of hydrogen-bond acceptors (Lipinski definition) is 1. The van der Waals surface area contributed by atoms with Crippen LogP contribution >= 0.6 is 0 Å². The van der Waals surface area contributed by atoms with Gasteiger partial charge in [0.25, 0.3) is 0 Å². The number of hydrogen-bond donors (Lipinski definition) is 1. The van der Waals surface area contributed by atoms with E-state index in [0.717, 1.165) is 30.5 Å². The molecule has 0 aliphatic heterocycles. The average molecular weight is 259 g/mol. The van der Waals surface area contributed by atoms with Gasteiger partial charge in [-0.3, -0.25) is 0 Å². The highest BCUT2D eigenvalue weighted by atomic mass is 19.4. The van der Waals surface area contributed by atoms with Crippen LogP contribution in [-0.4, -0.2) is 6.04 Å². The third-order valence-corrected chi connectivity index (χ3v) is 3.18. The van der Waals surface area contributed by atoms with E-state index in [1.807, 2.05) is 0 Å². The molecule has 0 aliphatic rings. The first kappa shape index (κ1) is 15.0. The molecule has 2 N–H and O–H groups in total. The van der Waals surface area contributed by atoms with Crippen LogP contribution in [0.25, 0.3) is 0 Å². The summed E-state index contributed by atoms with van der Waals surface area (Å²) in [6.07, 6.45) is -1.67. The molecule has 0 bridgehead atoms. The molecule has 0 aliphatic carbocycles. The van der Waals surface area contributed by atoms with Crippen molar-refractivity contribution in [2.45, 2.75) is 45.3 Å². The molecule has 1 nitrogen and oxygen atoms in total. The number of nitrogens with two attached hydrogens (primary N) is 1. The fourth-order valence-corrected chi connectivity index (χ4v) is 1.90. The van der Waals surface area contributed by atoms with Gasteiger partial charge in [0.1, 0.15) is 0 Å². The molecule has 0 spiro atoms. The van der Waals surface area contributed by atoms with E-state index in [2.05, 4.69) is 13.8 Å². The quantitative estimate of drug-likeness (QED) is 0.849. The molecule has 1 aromatic carbocycles. The summed E-state index contributed by atoms with van der Waals surface area (Å²) >= 11 is 0. The van der Waals surface area contributed by atoms with Crippen LogP contribution in [0, 0.1) is 5.92 Å². The molecule has 0 fully saturated rings. The number of halogens is 3. The van der Waals surface area contributed by atoms with E-state index in [4.69, 9.17) is 5.73 Å². The Morgan fingerprint density at radius 1 is 1.17 bits per heavy atom. The largest absolute Gasteiger partial charge is 0.416 e. The SMILES string of the molecule is CCC(C)CC(N)Cc1ccc(C(F)(F)F)cc1. The first-order valence-electron chi connectivity index (χ1n) is 6.24.